The van der Waals surface area contributed by atoms with E-state index in [1.807, 2.05) is 60.8 Å². The molecule has 0 spiro atoms. The third kappa shape index (κ3) is 3.23. The van der Waals surface area contributed by atoms with E-state index in [0.29, 0.717) is 0 Å². The topological polar surface area (TPSA) is 59.2 Å². The predicted octanol–water partition coefficient (Wildman–Crippen LogP) is 3.82. The Hall–Kier alpha value is -2.88. The lowest BCUT2D eigenvalue weighted by Crippen LogP contribution is -2.20. The highest BCUT2D eigenvalue weighted by molar-refractivity contribution is 6.33. The maximum atomic E-state index is 12.3. The van der Waals surface area contributed by atoms with Crippen LogP contribution in [0.25, 0.3) is 10.9 Å². The first-order valence-electron chi connectivity index (χ1n) is 8.01. The standard InChI is InChI=1S/C20H19NO3/c1-2-24-20(23)19(22)12-16(14-8-4-3-5-9-14)17-13-21-18-11-7-6-10-15(17)18/h3-11,13,16,21H,2,12H2,1H3/t16-/m1/s1. The van der Waals surface area contributed by atoms with Gasteiger partial charge >= 0.3 is 5.97 Å². The molecule has 0 unspecified atom stereocenters. The first-order valence-corrected chi connectivity index (χ1v) is 8.01. The Balaban J connectivity index is 2.00. The van der Waals surface area contributed by atoms with Crippen LogP contribution in [0, 0.1) is 0 Å². The van der Waals surface area contributed by atoms with Gasteiger partial charge in [-0.15, -0.1) is 0 Å². The van der Waals surface area contributed by atoms with Crippen molar-refractivity contribution in [1.82, 2.24) is 4.98 Å². The second kappa shape index (κ2) is 7.13. The number of H-pyrrole nitrogens is 1. The Morgan fingerprint density at radius 2 is 1.75 bits per heavy atom. The molecule has 0 saturated heterocycles. The van der Waals surface area contributed by atoms with Gasteiger partial charge in [-0.3, -0.25) is 4.79 Å². The van der Waals surface area contributed by atoms with Crippen LogP contribution in [-0.4, -0.2) is 23.3 Å². The molecule has 3 aromatic rings. The number of ether oxygens (including phenoxy) is 1. The summed E-state index contributed by atoms with van der Waals surface area (Å²) in [4.78, 5) is 27.3. The number of carbonyl (C=O) groups is 2. The molecule has 0 aliphatic heterocycles. The number of Topliss-reactive ketones (excluding diaryl/α,β-unsaturated/α-hetero) is 1. The Labute approximate surface area is 140 Å². The predicted molar refractivity (Wildman–Crippen MR) is 92.8 cm³/mol. The van der Waals surface area contributed by atoms with Gasteiger partial charge in [0.2, 0.25) is 5.78 Å². The van der Waals surface area contributed by atoms with Gasteiger partial charge in [-0.1, -0.05) is 48.5 Å². The monoisotopic (exact) mass is 321 g/mol. The number of ketones is 1. The number of aromatic nitrogens is 1. The van der Waals surface area contributed by atoms with Crippen LogP contribution >= 0.6 is 0 Å². The minimum atomic E-state index is -0.765. The van der Waals surface area contributed by atoms with Crippen molar-refractivity contribution < 1.29 is 14.3 Å². The highest BCUT2D eigenvalue weighted by Gasteiger charge is 2.25. The summed E-state index contributed by atoms with van der Waals surface area (Å²) in [6.07, 6.45) is 2.01. The van der Waals surface area contributed by atoms with E-state index in [1.165, 1.54) is 0 Å². The number of hydrogen-bond donors (Lipinski definition) is 1. The summed E-state index contributed by atoms with van der Waals surface area (Å²) >= 11 is 0. The zero-order valence-electron chi connectivity index (χ0n) is 13.5. The van der Waals surface area contributed by atoms with E-state index >= 15 is 0 Å². The van der Waals surface area contributed by atoms with Crippen molar-refractivity contribution in [2.75, 3.05) is 6.61 Å². The summed E-state index contributed by atoms with van der Waals surface area (Å²) in [7, 11) is 0. The molecule has 4 nitrogen and oxygen atoms in total. The number of hydrogen-bond acceptors (Lipinski definition) is 3. The molecule has 0 radical (unpaired) electrons. The number of para-hydroxylation sites is 1. The lowest BCUT2D eigenvalue weighted by Gasteiger charge is -2.16. The van der Waals surface area contributed by atoms with E-state index in [-0.39, 0.29) is 18.9 Å². The van der Waals surface area contributed by atoms with E-state index in [4.69, 9.17) is 4.74 Å². The van der Waals surface area contributed by atoms with Crippen LogP contribution in [0.2, 0.25) is 0 Å². The number of carbonyl (C=O) groups excluding carboxylic acids is 2. The van der Waals surface area contributed by atoms with Gasteiger partial charge in [0.05, 0.1) is 6.61 Å². The molecule has 1 aromatic heterocycles. The summed E-state index contributed by atoms with van der Waals surface area (Å²) in [5, 5.41) is 1.06. The molecule has 0 saturated carbocycles. The maximum absolute atomic E-state index is 12.3. The quantitative estimate of drug-likeness (QED) is 0.554. The minimum Gasteiger partial charge on any atom is -0.460 e. The van der Waals surface area contributed by atoms with Gasteiger partial charge in [0, 0.05) is 29.4 Å². The minimum absolute atomic E-state index is 0.0880. The molecule has 1 atom stereocenters. The second-order valence-corrected chi connectivity index (χ2v) is 5.60. The molecule has 3 rings (SSSR count). The van der Waals surface area contributed by atoms with Crippen LogP contribution in [0.15, 0.2) is 60.8 Å². The number of fused-ring (bicyclic) bond motifs is 1. The third-order valence-corrected chi connectivity index (χ3v) is 4.09. The molecule has 4 heteroatoms. The van der Waals surface area contributed by atoms with E-state index in [0.717, 1.165) is 22.0 Å². The Morgan fingerprint density at radius 1 is 1.04 bits per heavy atom. The van der Waals surface area contributed by atoms with Crippen LogP contribution in [0.3, 0.4) is 0 Å². The van der Waals surface area contributed by atoms with E-state index in [9.17, 15) is 9.59 Å². The van der Waals surface area contributed by atoms with Crippen molar-refractivity contribution in [3.05, 3.63) is 71.9 Å². The lowest BCUT2D eigenvalue weighted by atomic mass is 9.87. The molecule has 0 amide bonds. The average Bonchev–Trinajstić information content (AvgIpc) is 3.04. The van der Waals surface area contributed by atoms with Crippen LogP contribution in [0.1, 0.15) is 30.4 Å². The molecule has 2 aromatic carbocycles. The average molecular weight is 321 g/mol. The molecule has 0 bridgehead atoms. The molecule has 1 N–H and O–H groups in total. The van der Waals surface area contributed by atoms with Gasteiger partial charge < -0.3 is 9.72 Å². The van der Waals surface area contributed by atoms with Gasteiger partial charge in [0.25, 0.3) is 0 Å². The van der Waals surface area contributed by atoms with Gasteiger partial charge in [0.1, 0.15) is 0 Å². The fraction of sp³-hybridized carbons (Fsp3) is 0.200. The van der Waals surface area contributed by atoms with Crippen molar-refractivity contribution in [2.24, 2.45) is 0 Å². The summed E-state index contributed by atoms with van der Waals surface area (Å²) in [6.45, 7) is 1.90. The van der Waals surface area contributed by atoms with Gasteiger partial charge in [-0.2, -0.15) is 0 Å². The Kier molecular flexibility index (Phi) is 4.75. The normalized spacial score (nSPS) is 12.0. The zero-order chi connectivity index (χ0) is 16.9. The Morgan fingerprint density at radius 3 is 2.50 bits per heavy atom. The molecule has 122 valence electrons. The highest BCUT2D eigenvalue weighted by Crippen LogP contribution is 2.33. The molecule has 0 fully saturated rings. The molecule has 1 heterocycles. The molecule has 0 aliphatic rings. The molecule has 0 aliphatic carbocycles. The van der Waals surface area contributed by atoms with E-state index in [1.54, 1.807) is 6.92 Å². The number of esters is 1. The van der Waals surface area contributed by atoms with Crippen LogP contribution in [0.4, 0.5) is 0 Å². The number of nitrogens with one attached hydrogen (secondary N) is 1. The molecular weight excluding hydrogens is 302 g/mol. The van der Waals surface area contributed by atoms with Crippen molar-refractivity contribution in [3.63, 3.8) is 0 Å². The van der Waals surface area contributed by atoms with Crippen LogP contribution < -0.4 is 0 Å². The second-order valence-electron chi connectivity index (χ2n) is 5.60. The Bertz CT molecular complexity index is 851. The maximum Gasteiger partial charge on any atom is 0.374 e. The summed E-state index contributed by atoms with van der Waals surface area (Å²) in [5.41, 5.74) is 3.02. The van der Waals surface area contributed by atoms with E-state index < -0.39 is 11.8 Å². The fourth-order valence-electron chi connectivity index (χ4n) is 2.96. The van der Waals surface area contributed by atoms with Gasteiger partial charge in [-0.05, 0) is 24.1 Å². The first-order chi connectivity index (χ1) is 11.7. The molecular formula is C20H19NO3. The smallest absolute Gasteiger partial charge is 0.374 e. The van der Waals surface area contributed by atoms with Crippen LogP contribution in [0.5, 0.6) is 0 Å². The van der Waals surface area contributed by atoms with E-state index in [2.05, 4.69) is 4.98 Å². The summed E-state index contributed by atoms with van der Waals surface area (Å²) in [5.74, 6) is -1.46. The lowest BCUT2D eigenvalue weighted by molar-refractivity contribution is -0.153. The summed E-state index contributed by atoms with van der Waals surface area (Å²) in [6, 6.07) is 17.7. The third-order valence-electron chi connectivity index (χ3n) is 4.09. The number of benzene rings is 2. The highest BCUT2D eigenvalue weighted by atomic mass is 16.5. The summed E-state index contributed by atoms with van der Waals surface area (Å²) < 4.78 is 4.85. The van der Waals surface area contributed by atoms with Crippen molar-refractivity contribution in [1.29, 1.82) is 0 Å². The number of rotatable bonds is 6. The molecule has 24 heavy (non-hydrogen) atoms. The van der Waals surface area contributed by atoms with Crippen LogP contribution in [-0.2, 0) is 14.3 Å². The van der Waals surface area contributed by atoms with Crippen molar-refractivity contribution >= 4 is 22.7 Å². The van der Waals surface area contributed by atoms with Crippen molar-refractivity contribution in [2.45, 2.75) is 19.3 Å². The first kappa shape index (κ1) is 16.0. The fourth-order valence-corrected chi connectivity index (χ4v) is 2.96. The zero-order valence-corrected chi connectivity index (χ0v) is 13.5. The van der Waals surface area contributed by atoms with Gasteiger partial charge in [-0.25, -0.2) is 4.79 Å². The SMILES string of the molecule is CCOC(=O)C(=O)C[C@H](c1ccccc1)c1c[nH]c2ccccc12. The number of aromatic amines is 1. The van der Waals surface area contributed by atoms with Gasteiger partial charge in [0.15, 0.2) is 0 Å². The largest absolute Gasteiger partial charge is 0.460 e. The van der Waals surface area contributed by atoms with Crippen molar-refractivity contribution in [3.8, 4) is 0 Å².